The van der Waals surface area contributed by atoms with E-state index < -0.39 is 6.10 Å². The Balaban J connectivity index is 4.45. The minimum Gasteiger partial charge on any atom is -0.462 e. The van der Waals surface area contributed by atoms with Crippen molar-refractivity contribution >= 4 is 17.9 Å². The highest BCUT2D eigenvalue weighted by atomic mass is 16.6. The molecule has 0 saturated heterocycles. The molecule has 0 aromatic carbocycles. The number of ether oxygens (including phenoxy) is 3. The molecule has 0 rings (SSSR count). The van der Waals surface area contributed by atoms with Crippen LogP contribution in [0.5, 0.6) is 0 Å². The monoisotopic (exact) mass is 1040 g/mol. The number of carbonyl (C=O) groups is 3. The molecule has 424 valence electrons. The standard InChI is InChI=1S/C69H112O6/c1-4-7-10-13-16-19-22-25-27-29-31-32-33-34-35-36-38-39-41-44-47-50-53-56-59-62-68(71)74-65-66(64-73-67(70)61-58-55-52-49-46-43-24-21-18-15-12-9-6-3)75-69(72)63-60-57-54-51-48-45-42-40-37-30-28-26-23-20-17-14-11-8-5-2/h7,10,12,15-17,19-21,24-28,31-32,34-35,38-39,44,47,66H,4-6,8-9,11,13-14,18,22-23,29-30,33,36-37,40-43,45-46,48-65H2,1-3H3/b10-7-,15-12-,19-16-,20-17-,24-21-,27-25-,28-26-,32-31-,35-34-,39-38-,47-44-. The Morgan fingerprint density at radius 1 is 0.280 bits per heavy atom. The third kappa shape index (κ3) is 60.3. The Morgan fingerprint density at radius 2 is 0.547 bits per heavy atom. The van der Waals surface area contributed by atoms with Crippen LogP contribution in [0.1, 0.15) is 265 Å². The molecule has 0 amide bonds. The second kappa shape index (κ2) is 62.1. The largest absolute Gasteiger partial charge is 0.462 e. The molecule has 0 heterocycles. The van der Waals surface area contributed by atoms with Crippen LogP contribution >= 0.6 is 0 Å². The number of hydrogen-bond donors (Lipinski definition) is 0. The second-order valence-corrected chi connectivity index (χ2v) is 19.9. The molecule has 1 atom stereocenters. The first-order chi connectivity index (χ1) is 37.0. The first kappa shape index (κ1) is 70.5. The molecular weight excluding hydrogens is 925 g/mol. The number of carbonyl (C=O) groups excluding carboxylic acids is 3. The summed E-state index contributed by atoms with van der Waals surface area (Å²) in [6, 6.07) is 0. The van der Waals surface area contributed by atoms with E-state index in [1.54, 1.807) is 0 Å². The summed E-state index contributed by atoms with van der Waals surface area (Å²) in [7, 11) is 0. The average molecular weight is 1040 g/mol. The van der Waals surface area contributed by atoms with Gasteiger partial charge < -0.3 is 14.2 Å². The lowest BCUT2D eigenvalue weighted by Crippen LogP contribution is -2.30. The van der Waals surface area contributed by atoms with Gasteiger partial charge in [0, 0.05) is 19.3 Å². The van der Waals surface area contributed by atoms with Crippen LogP contribution in [0.3, 0.4) is 0 Å². The van der Waals surface area contributed by atoms with Crippen molar-refractivity contribution in [3.8, 4) is 0 Å². The Bertz CT molecular complexity index is 1620. The van der Waals surface area contributed by atoms with E-state index in [4.69, 9.17) is 14.2 Å². The molecule has 6 nitrogen and oxygen atoms in total. The van der Waals surface area contributed by atoms with Gasteiger partial charge in [-0.1, -0.05) is 244 Å². The minimum atomic E-state index is -0.806. The van der Waals surface area contributed by atoms with E-state index in [0.717, 1.165) is 148 Å². The molecular formula is C69H112O6. The average Bonchev–Trinajstić information content (AvgIpc) is 3.41. The fourth-order valence-corrected chi connectivity index (χ4v) is 8.02. The second-order valence-electron chi connectivity index (χ2n) is 19.9. The van der Waals surface area contributed by atoms with E-state index in [0.29, 0.717) is 19.3 Å². The molecule has 0 aliphatic carbocycles. The Labute approximate surface area is 462 Å². The normalized spacial score (nSPS) is 13.1. The summed E-state index contributed by atoms with van der Waals surface area (Å²) in [5.74, 6) is -0.954. The maximum atomic E-state index is 12.9. The first-order valence-corrected chi connectivity index (χ1v) is 30.7. The van der Waals surface area contributed by atoms with Crippen LogP contribution in [0.4, 0.5) is 0 Å². The molecule has 0 aliphatic rings. The number of esters is 3. The van der Waals surface area contributed by atoms with Gasteiger partial charge in [0.15, 0.2) is 6.10 Å². The van der Waals surface area contributed by atoms with Crippen LogP contribution in [0, 0.1) is 0 Å². The van der Waals surface area contributed by atoms with Gasteiger partial charge in [0.2, 0.25) is 0 Å². The van der Waals surface area contributed by atoms with Crippen LogP contribution < -0.4 is 0 Å². The lowest BCUT2D eigenvalue weighted by molar-refractivity contribution is -0.167. The van der Waals surface area contributed by atoms with Crippen molar-refractivity contribution in [2.75, 3.05) is 13.2 Å². The smallest absolute Gasteiger partial charge is 0.306 e. The summed E-state index contributed by atoms with van der Waals surface area (Å²) >= 11 is 0. The van der Waals surface area contributed by atoms with E-state index in [1.165, 1.54) is 77.0 Å². The van der Waals surface area contributed by atoms with Gasteiger partial charge >= 0.3 is 17.9 Å². The summed E-state index contributed by atoms with van der Waals surface area (Å²) in [5.41, 5.74) is 0. The van der Waals surface area contributed by atoms with Gasteiger partial charge in [0.05, 0.1) is 0 Å². The van der Waals surface area contributed by atoms with E-state index in [2.05, 4.69) is 154 Å². The first-order valence-electron chi connectivity index (χ1n) is 30.7. The highest BCUT2D eigenvalue weighted by Crippen LogP contribution is 2.14. The molecule has 75 heavy (non-hydrogen) atoms. The summed E-state index contributed by atoms with van der Waals surface area (Å²) < 4.78 is 16.9. The van der Waals surface area contributed by atoms with Crippen molar-refractivity contribution in [2.24, 2.45) is 0 Å². The summed E-state index contributed by atoms with van der Waals surface area (Å²) in [6.07, 6.45) is 87.3. The van der Waals surface area contributed by atoms with E-state index >= 15 is 0 Å². The highest BCUT2D eigenvalue weighted by molar-refractivity contribution is 5.71. The SMILES string of the molecule is CC/C=C\C/C=C\C/C=C\C/C=C\C/C=C\C/C=C\C/C=C\CCCCCC(=O)OCC(COC(=O)CCCCCCC/C=C\C/C=C\CCC)OC(=O)CCCCCCCCCCC/C=C\C/C=C\CCCCC. The molecule has 0 fully saturated rings. The fraction of sp³-hybridized carbons (Fsp3) is 0.638. The molecule has 0 radical (unpaired) electrons. The minimum absolute atomic E-state index is 0.102. The van der Waals surface area contributed by atoms with Crippen molar-refractivity contribution in [2.45, 2.75) is 271 Å². The van der Waals surface area contributed by atoms with E-state index in [1.807, 2.05) is 0 Å². The van der Waals surface area contributed by atoms with Gasteiger partial charge in [-0.3, -0.25) is 14.4 Å². The molecule has 6 heteroatoms. The molecule has 0 saturated carbocycles. The molecule has 0 N–H and O–H groups in total. The van der Waals surface area contributed by atoms with Gasteiger partial charge in [0.1, 0.15) is 13.2 Å². The number of rotatable bonds is 54. The van der Waals surface area contributed by atoms with Gasteiger partial charge in [-0.25, -0.2) is 0 Å². The zero-order valence-corrected chi connectivity index (χ0v) is 48.5. The van der Waals surface area contributed by atoms with Crippen LogP contribution in [0.15, 0.2) is 134 Å². The molecule has 0 aliphatic heterocycles. The van der Waals surface area contributed by atoms with Crippen molar-refractivity contribution in [3.63, 3.8) is 0 Å². The zero-order chi connectivity index (χ0) is 54.3. The van der Waals surface area contributed by atoms with Crippen LogP contribution in [-0.4, -0.2) is 37.2 Å². The molecule has 0 aromatic rings. The predicted octanol–water partition coefficient (Wildman–Crippen LogP) is 21.0. The molecule has 1 unspecified atom stereocenters. The van der Waals surface area contributed by atoms with E-state index in [9.17, 15) is 14.4 Å². The number of hydrogen-bond acceptors (Lipinski definition) is 6. The van der Waals surface area contributed by atoms with Gasteiger partial charge in [-0.05, 0) is 135 Å². The predicted molar refractivity (Wildman–Crippen MR) is 325 cm³/mol. The Kier molecular flexibility index (Phi) is 58.4. The maximum absolute atomic E-state index is 12.9. The third-order valence-electron chi connectivity index (χ3n) is 12.6. The molecule has 0 spiro atoms. The topological polar surface area (TPSA) is 78.9 Å². The van der Waals surface area contributed by atoms with Crippen molar-refractivity contribution in [1.29, 1.82) is 0 Å². The fourth-order valence-electron chi connectivity index (χ4n) is 8.02. The zero-order valence-electron chi connectivity index (χ0n) is 48.5. The highest BCUT2D eigenvalue weighted by Gasteiger charge is 2.19. The molecule has 0 bridgehead atoms. The molecule has 0 aromatic heterocycles. The van der Waals surface area contributed by atoms with Crippen LogP contribution in [0.2, 0.25) is 0 Å². The van der Waals surface area contributed by atoms with Crippen molar-refractivity contribution < 1.29 is 28.6 Å². The van der Waals surface area contributed by atoms with Gasteiger partial charge in [-0.15, -0.1) is 0 Å². The van der Waals surface area contributed by atoms with Gasteiger partial charge in [-0.2, -0.15) is 0 Å². The van der Waals surface area contributed by atoms with Crippen LogP contribution in [-0.2, 0) is 28.6 Å². The van der Waals surface area contributed by atoms with Crippen molar-refractivity contribution in [1.82, 2.24) is 0 Å². The Hall–Kier alpha value is -4.45. The summed E-state index contributed by atoms with van der Waals surface area (Å²) in [4.78, 5) is 38.2. The third-order valence-corrected chi connectivity index (χ3v) is 12.6. The lowest BCUT2D eigenvalue weighted by Gasteiger charge is -2.18. The maximum Gasteiger partial charge on any atom is 0.306 e. The quantitative estimate of drug-likeness (QED) is 0.0261. The van der Waals surface area contributed by atoms with Gasteiger partial charge in [0.25, 0.3) is 0 Å². The van der Waals surface area contributed by atoms with E-state index in [-0.39, 0.29) is 31.1 Å². The summed E-state index contributed by atoms with van der Waals surface area (Å²) in [6.45, 7) is 6.39. The Morgan fingerprint density at radius 3 is 0.880 bits per heavy atom. The van der Waals surface area contributed by atoms with Crippen LogP contribution in [0.25, 0.3) is 0 Å². The lowest BCUT2D eigenvalue weighted by atomic mass is 10.1. The summed E-state index contributed by atoms with van der Waals surface area (Å²) in [5, 5.41) is 0. The number of unbranched alkanes of at least 4 members (excludes halogenated alkanes) is 21. The number of allylic oxidation sites excluding steroid dienone is 22. The van der Waals surface area contributed by atoms with Crippen molar-refractivity contribution in [3.05, 3.63) is 134 Å².